The van der Waals surface area contributed by atoms with Gasteiger partial charge in [-0.1, -0.05) is 48.5 Å². The molecular formula is C33H36N6O3. The van der Waals surface area contributed by atoms with Crippen molar-refractivity contribution in [1.82, 2.24) is 30.2 Å². The van der Waals surface area contributed by atoms with Gasteiger partial charge in [-0.25, -0.2) is 14.8 Å². The number of benzene rings is 2. The molecule has 0 spiro atoms. The maximum Gasteiger partial charge on any atom is 0.410 e. The average Bonchev–Trinajstić information content (AvgIpc) is 3.96. The molecule has 2 aromatic carbocycles. The van der Waals surface area contributed by atoms with E-state index in [2.05, 4.69) is 63.8 Å². The Kier molecular flexibility index (Phi) is 6.60. The fourth-order valence-electron chi connectivity index (χ4n) is 5.78. The van der Waals surface area contributed by atoms with E-state index >= 15 is 0 Å². The molecule has 0 bridgehead atoms. The number of H-pyrrole nitrogens is 2. The highest BCUT2D eigenvalue weighted by Crippen LogP contribution is 2.45. The Morgan fingerprint density at radius 3 is 2.02 bits per heavy atom. The maximum atomic E-state index is 13.3. The Morgan fingerprint density at radius 1 is 0.905 bits per heavy atom. The van der Waals surface area contributed by atoms with E-state index in [1.807, 2.05) is 12.4 Å². The fraction of sp³-hybridized carbons (Fsp3) is 0.394. The first-order valence-electron chi connectivity index (χ1n) is 14.9. The smallest absolute Gasteiger partial charge is 0.410 e. The Hall–Kier alpha value is -4.40. The van der Waals surface area contributed by atoms with Crippen LogP contribution >= 0.6 is 0 Å². The zero-order valence-electron chi connectivity index (χ0n) is 24.0. The van der Waals surface area contributed by atoms with Crippen LogP contribution in [0.15, 0.2) is 60.9 Å². The first-order chi connectivity index (χ1) is 20.4. The third kappa shape index (κ3) is 5.19. The highest BCUT2D eigenvalue weighted by molar-refractivity contribution is 5.93. The average molecular weight is 565 g/mol. The molecule has 3 fully saturated rings. The maximum absolute atomic E-state index is 13.3. The topological polar surface area (TPSA) is 116 Å². The van der Waals surface area contributed by atoms with Crippen molar-refractivity contribution >= 4 is 12.0 Å². The van der Waals surface area contributed by atoms with Gasteiger partial charge in [0.15, 0.2) is 0 Å². The summed E-state index contributed by atoms with van der Waals surface area (Å²) in [6, 6.07) is 16.7. The Balaban J connectivity index is 1.03. The van der Waals surface area contributed by atoms with E-state index < -0.39 is 11.6 Å². The number of amides is 2. The summed E-state index contributed by atoms with van der Waals surface area (Å²) in [5.74, 6) is 2.83. The summed E-state index contributed by atoms with van der Waals surface area (Å²) in [6.45, 7) is 0. The molecular weight excluding hydrogens is 528 g/mol. The normalized spacial score (nSPS) is 17.9. The number of ether oxygens (including phenoxy) is 1. The Labute approximate surface area is 245 Å². The van der Waals surface area contributed by atoms with Crippen LogP contribution in [0, 0.1) is 11.8 Å². The molecule has 9 heteroatoms. The van der Waals surface area contributed by atoms with Crippen LogP contribution in [0.1, 0.15) is 56.2 Å². The second-order valence-electron chi connectivity index (χ2n) is 12.1. The summed E-state index contributed by atoms with van der Waals surface area (Å²) in [5, 5.41) is 3.19. The monoisotopic (exact) mass is 564 g/mol. The van der Waals surface area contributed by atoms with E-state index in [1.54, 1.807) is 7.05 Å². The molecule has 2 heterocycles. The van der Waals surface area contributed by atoms with Gasteiger partial charge in [0.2, 0.25) is 5.91 Å². The van der Waals surface area contributed by atoms with Crippen LogP contribution in [0.4, 0.5) is 4.79 Å². The first kappa shape index (κ1) is 26.5. The second kappa shape index (κ2) is 10.5. The van der Waals surface area contributed by atoms with E-state index in [0.717, 1.165) is 70.5 Å². The van der Waals surface area contributed by atoms with Crippen molar-refractivity contribution in [1.29, 1.82) is 0 Å². The lowest BCUT2D eigenvalue weighted by Gasteiger charge is -2.28. The summed E-state index contributed by atoms with van der Waals surface area (Å²) in [4.78, 5) is 43.1. The van der Waals surface area contributed by atoms with Crippen molar-refractivity contribution < 1.29 is 14.3 Å². The van der Waals surface area contributed by atoms with E-state index in [-0.39, 0.29) is 11.9 Å². The molecule has 0 radical (unpaired) electrons. The number of rotatable bonds is 10. The van der Waals surface area contributed by atoms with E-state index in [0.29, 0.717) is 18.8 Å². The molecule has 3 aliphatic carbocycles. The molecule has 0 unspecified atom stereocenters. The molecule has 9 nitrogen and oxygen atoms in total. The number of hydrogen-bond donors (Lipinski definition) is 3. The van der Waals surface area contributed by atoms with Crippen LogP contribution in [0.3, 0.4) is 0 Å². The van der Waals surface area contributed by atoms with Gasteiger partial charge in [-0.05, 0) is 61.5 Å². The minimum absolute atomic E-state index is 0.147. The molecule has 3 aliphatic rings. The number of imidazole rings is 2. The number of methoxy groups -OCH3 is 1. The molecule has 2 amide bonds. The third-order valence-electron chi connectivity index (χ3n) is 9.01. The van der Waals surface area contributed by atoms with Gasteiger partial charge in [0.05, 0.1) is 24.5 Å². The van der Waals surface area contributed by atoms with Gasteiger partial charge < -0.3 is 20.0 Å². The van der Waals surface area contributed by atoms with Gasteiger partial charge in [0.1, 0.15) is 17.2 Å². The zero-order chi connectivity index (χ0) is 28.8. The van der Waals surface area contributed by atoms with Gasteiger partial charge in [0.25, 0.3) is 0 Å². The standard InChI is InChI=1S/C33H36N6O3/c1-39(32(41)42-2)33(15-16-33)31(40)38-29(25-13-14-25)30-35-19-27(37-30)24-11-7-22(8-12-24)21-5-9-23(10-6-21)26-18-34-28(36-26)17-20-3-4-20/h5-12,18-20,25,29H,3-4,13-17H2,1-2H3,(H,34,36)(H,35,37)(H,38,40)/t29-/m0/s1. The molecule has 0 saturated heterocycles. The van der Waals surface area contributed by atoms with Crippen LogP contribution in [0.25, 0.3) is 33.6 Å². The van der Waals surface area contributed by atoms with Crippen LogP contribution in [0.2, 0.25) is 0 Å². The first-order valence-corrected chi connectivity index (χ1v) is 14.9. The van der Waals surface area contributed by atoms with Crippen LogP contribution in [0.5, 0.6) is 0 Å². The van der Waals surface area contributed by atoms with Crippen molar-refractivity contribution in [3.8, 4) is 33.6 Å². The van der Waals surface area contributed by atoms with Crippen LogP contribution < -0.4 is 5.32 Å². The SMILES string of the molecule is COC(=O)N(C)C1(C(=O)N[C@H](c2nc(-c3ccc(-c4ccc(-c5c[nH]c(CC6CC6)n5)cc4)cc3)c[nH]2)C2CC2)CC1. The molecule has 42 heavy (non-hydrogen) atoms. The number of hydrogen-bond acceptors (Lipinski definition) is 5. The number of nitrogens with one attached hydrogen (secondary N) is 3. The summed E-state index contributed by atoms with van der Waals surface area (Å²) >= 11 is 0. The van der Waals surface area contributed by atoms with Crippen molar-refractivity contribution in [3.63, 3.8) is 0 Å². The minimum Gasteiger partial charge on any atom is -0.453 e. The molecule has 216 valence electrons. The van der Waals surface area contributed by atoms with E-state index in [4.69, 9.17) is 14.7 Å². The van der Waals surface area contributed by atoms with Crippen molar-refractivity contribution in [3.05, 3.63) is 72.6 Å². The van der Waals surface area contributed by atoms with Crippen molar-refractivity contribution in [2.45, 2.75) is 56.5 Å². The third-order valence-corrected chi connectivity index (χ3v) is 9.01. The van der Waals surface area contributed by atoms with Crippen molar-refractivity contribution in [2.24, 2.45) is 11.8 Å². The Bertz CT molecular complexity index is 1590. The number of carbonyl (C=O) groups excluding carboxylic acids is 2. The van der Waals surface area contributed by atoms with Gasteiger partial charge in [-0.15, -0.1) is 0 Å². The second-order valence-corrected chi connectivity index (χ2v) is 12.1. The number of aromatic amines is 2. The lowest BCUT2D eigenvalue weighted by molar-refractivity contribution is -0.128. The molecule has 1 atom stereocenters. The van der Waals surface area contributed by atoms with Gasteiger partial charge in [-0.3, -0.25) is 9.69 Å². The minimum atomic E-state index is -0.833. The molecule has 4 aromatic rings. The highest BCUT2D eigenvalue weighted by atomic mass is 16.5. The molecule has 3 saturated carbocycles. The van der Waals surface area contributed by atoms with Crippen molar-refractivity contribution in [2.75, 3.05) is 14.2 Å². The van der Waals surface area contributed by atoms with Crippen LogP contribution in [-0.2, 0) is 16.0 Å². The zero-order valence-corrected chi connectivity index (χ0v) is 24.0. The number of nitrogens with zero attached hydrogens (tertiary/aromatic N) is 3. The number of likely N-dealkylation sites (N-methyl/N-ethyl adjacent to an activating group) is 1. The number of carbonyl (C=O) groups is 2. The number of aromatic nitrogens is 4. The van der Waals surface area contributed by atoms with E-state index in [9.17, 15) is 9.59 Å². The summed E-state index contributed by atoms with van der Waals surface area (Å²) < 4.78 is 4.85. The molecule has 3 N–H and O–H groups in total. The van der Waals surface area contributed by atoms with Crippen LogP contribution in [-0.4, -0.2) is 56.5 Å². The lowest BCUT2D eigenvalue weighted by atomic mass is 10.0. The Morgan fingerprint density at radius 2 is 1.48 bits per heavy atom. The molecule has 2 aromatic heterocycles. The van der Waals surface area contributed by atoms with Gasteiger partial charge in [0, 0.05) is 37.0 Å². The van der Waals surface area contributed by atoms with E-state index in [1.165, 1.54) is 24.9 Å². The summed E-state index contributed by atoms with van der Waals surface area (Å²) in [7, 11) is 2.96. The molecule has 7 rings (SSSR count). The predicted octanol–water partition coefficient (Wildman–Crippen LogP) is 5.88. The predicted molar refractivity (Wildman–Crippen MR) is 159 cm³/mol. The van der Waals surface area contributed by atoms with Gasteiger partial charge in [-0.2, -0.15) is 0 Å². The summed E-state index contributed by atoms with van der Waals surface area (Å²) in [6.07, 6.45) is 10.4. The lowest BCUT2D eigenvalue weighted by Crippen LogP contribution is -2.51. The highest BCUT2D eigenvalue weighted by Gasteiger charge is 2.56. The molecule has 0 aliphatic heterocycles. The fourth-order valence-corrected chi connectivity index (χ4v) is 5.78. The largest absolute Gasteiger partial charge is 0.453 e. The quantitative estimate of drug-likeness (QED) is 0.222. The van der Waals surface area contributed by atoms with Gasteiger partial charge >= 0.3 is 6.09 Å². The summed E-state index contributed by atoms with van der Waals surface area (Å²) in [5.41, 5.74) is 5.38.